The van der Waals surface area contributed by atoms with Crippen molar-refractivity contribution in [2.75, 3.05) is 66.4 Å². The van der Waals surface area contributed by atoms with Crippen LogP contribution in [-0.2, 0) is 39.6 Å². The average Bonchev–Trinajstić information content (AvgIpc) is 1.54. The first-order valence-corrected chi connectivity index (χ1v) is 37.9. The van der Waals surface area contributed by atoms with Gasteiger partial charge in [-0.2, -0.15) is 185 Å². The van der Waals surface area contributed by atoms with Gasteiger partial charge in [0.1, 0.15) is 0 Å². The van der Waals surface area contributed by atoms with Gasteiger partial charge >= 0.3 is 39.6 Å². The van der Waals surface area contributed by atoms with E-state index < -0.39 is 15.8 Å². The monoisotopic (exact) mass is 1770 g/mol. The molecule has 0 aliphatic carbocycles. The van der Waals surface area contributed by atoms with Crippen molar-refractivity contribution in [1.29, 1.82) is 0 Å². The van der Waals surface area contributed by atoms with Gasteiger partial charge in [0, 0.05) is 69.2 Å². The van der Waals surface area contributed by atoms with Crippen LogP contribution < -0.4 is 71.0 Å². The third kappa shape index (κ3) is 17.7. The molecule has 520 valence electrons. The molecule has 4 aliphatic heterocycles. The molecule has 0 unspecified atom stereocenters. The molecule has 0 fully saturated rings. The molecule has 14 aromatic rings. The van der Waals surface area contributed by atoms with E-state index in [9.17, 15) is 0 Å². The predicted octanol–water partition coefficient (Wildman–Crippen LogP) is 19.2. The first-order chi connectivity index (χ1) is 51.3. The van der Waals surface area contributed by atoms with Gasteiger partial charge in [-0.05, 0) is 111 Å². The van der Waals surface area contributed by atoms with Crippen molar-refractivity contribution in [2.45, 2.75) is 0 Å². The Kier molecular flexibility index (Phi) is 26.1. The second kappa shape index (κ2) is 36.9. The number of hydrogen-bond acceptors (Lipinski definition) is 8. The van der Waals surface area contributed by atoms with Crippen LogP contribution in [0.1, 0.15) is 11.1 Å². The molecule has 106 heavy (non-hydrogen) atoms. The summed E-state index contributed by atoms with van der Waals surface area (Å²) < 4.78 is 0. The quantitative estimate of drug-likeness (QED) is 0.0832. The number of benzene rings is 14. The van der Waals surface area contributed by atoms with Crippen molar-refractivity contribution in [1.82, 2.24) is 0 Å². The van der Waals surface area contributed by atoms with Gasteiger partial charge in [-0.3, -0.25) is 0 Å². The summed E-state index contributed by atoms with van der Waals surface area (Å²) in [4.78, 5) is 17.6. The van der Waals surface area contributed by atoms with Gasteiger partial charge in [0.2, 0.25) is 0 Å². The van der Waals surface area contributed by atoms with Crippen LogP contribution in [0.3, 0.4) is 0 Å². The van der Waals surface area contributed by atoms with Crippen LogP contribution in [0.4, 0.5) is 68.2 Å². The summed E-state index contributed by atoms with van der Waals surface area (Å²) in [5.41, 5.74) is 16.1. The molecule has 12 heteroatoms. The number of rotatable bonds is 13. The van der Waals surface area contributed by atoms with Crippen LogP contribution in [0.5, 0.6) is 0 Å². The molecule has 0 aromatic heterocycles. The summed E-state index contributed by atoms with van der Waals surface area (Å²) >= 11 is 0. The Hall–Kier alpha value is -10.6. The van der Waals surface area contributed by atoms with Crippen molar-refractivity contribution in [2.24, 2.45) is 0 Å². The molecule has 0 saturated heterocycles. The summed E-state index contributed by atoms with van der Waals surface area (Å²) in [5.74, 6) is 0. The zero-order valence-corrected chi connectivity index (χ0v) is 66.1. The van der Waals surface area contributed by atoms with Gasteiger partial charge < -0.3 is 39.2 Å². The number of hydrogen-bond donors (Lipinski definition) is 0. The third-order valence-corrected chi connectivity index (χ3v) is 23.9. The van der Waals surface area contributed by atoms with Gasteiger partial charge in [-0.15, -0.1) is 34.9 Å². The first kappa shape index (κ1) is 75.0. The Morgan fingerprint density at radius 3 is 0.755 bits per heavy atom. The summed E-state index contributed by atoms with van der Waals surface area (Å²) in [6, 6.07) is 139. The molecule has 2 radical (unpaired) electrons. The second-order valence-corrected chi connectivity index (χ2v) is 29.9. The fourth-order valence-corrected chi connectivity index (χ4v) is 18.6. The average molecular weight is 1760 g/mol. The van der Waals surface area contributed by atoms with Crippen LogP contribution in [0.15, 0.2) is 364 Å². The largest absolute Gasteiger partial charge is 5.00 e. The van der Waals surface area contributed by atoms with Crippen LogP contribution in [0, 0.1) is 64.8 Å². The van der Waals surface area contributed by atoms with E-state index in [2.05, 4.69) is 421 Å². The van der Waals surface area contributed by atoms with Gasteiger partial charge in [0.15, 0.2) is 0 Å². The van der Waals surface area contributed by atoms with Crippen molar-refractivity contribution in [3.8, 4) is 0 Å². The number of anilines is 12. The molecule has 8 nitrogen and oxygen atoms in total. The topological polar surface area (TPSA) is 25.9 Å². The molecule has 0 amide bonds. The maximum atomic E-state index is 4.22. The molecular weight excluding hydrogens is 1680 g/mol. The van der Waals surface area contributed by atoms with Gasteiger partial charge in [0.25, 0.3) is 0 Å². The third-order valence-electron chi connectivity index (χ3n) is 18.2. The Morgan fingerprint density at radius 2 is 0.481 bits per heavy atom. The Bertz CT molecular complexity index is 4610. The van der Waals surface area contributed by atoms with Gasteiger partial charge in [-0.1, -0.05) is 146 Å². The van der Waals surface area contributed by atoms with E-state index >= 15 is 0 Å². The zero-order valence-electron chi connectivity index (χ0n) is 59.1. The minimum absolute atomic E-state index is 0. The van der Waals surface area contributed by atoms with Crippen LogP contribution >= 0.6 is 15.8 Å². The molecule has 14 aromatic carbocycles. The Balaban J connectivity index is 0.000000127. The van der Waals surface area contributed by atoms with E-state index in [4.69, 9.17) is 0 Å². The van der Waals surface area contributed by atoms with E-state index in [1.54, 1.807) is 0 Å². The number of fused-ring (bicyclic) bond motifs is 4. The van der Waals surface area contributed by atoms with Crippen molar-refractivity contribution >= 4 is 116 Å². The summed E-state index contributed by atoms with van der Waals surface area (Å²) in [6.45, 7) is 18.7. The Morgan fingerprint density at radius 1 is 0.255 bits per heavy atom. The molecule has 4 heterocycles. The van der Waals surface area contributed by atoms with E-state index in [0.29, 0.717) is 0 Å². The van der Waals surface area contributed by atoms with E-state index in [1.807, 2.05) is 60.7 Å². The smallest absolute Gasteiger partial charge is 0.504 e. The summed E-state index contributed by atoms with van der Waals surface area (Å²) in [6.07, 6.45) is 0. The number of para-hydroxylation sites is 12. The summed E-state index contributed by atoms with van der Waals surface area (Å²) in [5, 5.41) is 8.35. The van der Waals surface area contributed by atoms with Crippen molar-refractivity contribution in [3.63, 3.8) is 0 Å². The minimum atomic E-state index is -0.970. The molecule has 0 bridgehead atoms. The van der Waals surface area contributed by atoms with E-state index in [-0.39, 0.29) is 39.6 Å². The normalized spacial score (nSPS) is 12.7. The Labute approximate surface area is 656 Å². The van der Waals surface area contributed by atoms with Crippen LogP contribution in [-0.4, -0.2) is 27.2 Å². The van der Waals surface area contributed by atoms with Crippen molar-refractivity contribution < 1.29 is 39.6 Å². The minimum Gasteiger partial charge on any atom is -0.504 e. The maximum Gasteiger partial charge on any atom is 5.00 e. The molecule has 0 N–H and O–H groups in total. The second-order valence-electron chi connectivity index (χ2n) is 25.0. The van der Waals surface area contributed by atoms with E-state index in [1.165, 1.54) is 77.3 Å². The molecule has 4 aliphatic rings. The van der Waals surface area contributed by atoms with Crippen LogP contribution in [0.25, 0.3) is 0 Å². The zero-order chi connectivity index (χ0) is 70.8. The molecule has 0 saturated carbocycles. The standard InChI is InChI=1S/C28H22N4.2C19H16P.2C14H12N2.2Os/c1-3-11-23(12-4-1)31-21-29(25-15-7-9-17-27(25)31)19-20-30-22-32(24-13-5-2-6-14-24)28-18-10-8-16-26(28)30;2*1-16-10-8-9-15-19(16)20(17-11-4-2-5-12-17)18-13-6-3-7-14-18;2*1-15-11-16(12-7-3-2-4-8-12)14-10-6-5-9-13(14)15;;/h1-11,13,15-18,21-22H,19-20H2;2*2-15H,1H2;2*2-7,9-11H,1H3;;/q-4;2*-1;2*-2;2*+5/p+2. The fraction of sp³-hybridized carbons (Fsp3) is 0.0426. The molecule has 0 spiro atoms. The van der Waals surface area contributed by atoms with Gasteiger partial charge in [0.05, 0.1) is 37.1 Å². The molecule has 0 atom stereocenters. The SMILES string of the molecule is CN1[CH-]N(c2[c-]cccc2)c2ccccc21.CN1[CH-]N(c2[c-]cccc2)c2ccccc21.[CH2-]c1ccccc1[PH+](c1ccccc1)c1ccccc1.[CH2-]c1ccccc1[PH+](c1ccccc1)c1ccccc1.[Os+5].[Os+5].[c-]1ccccc1N1[CH-]N(CCN2[CH-]N(c3[c-]cccc3)c3ccccc32)c2ccccc21. The predicted molar refractivity (Wildman–Crippen MR) is 446 cm³/mol. The first-order valence-electron chi connectivity index (χ1n) is 34.9. The number of nitrogens with zero attached hydrogens (tertiary/aromatic N) is 8. The fourth-order valence-electron chi connectivity index (χ4n) is 13.3. The summed E-state index contributed by atoms with van der Waals surface area (Å²) in [7, 11) is 2.17. The van der Waals surface area contributed by atoms with Crippen LogP contribution in [0.2, 0.25) is 0 Å². The molecular formula is C94H80N8Os2P2+2. The maximum absolute atomic E-state index is 4.22. The van der Waals surface area contributed by atoms with E-state index in [0.717, 1.165) is 47.0 Å². The van der Waals surface area contributed by atoms with Gasteiger partial charge in [-0.25, -0.2) is 0 Å². The molecule has 18 rings (SSSR count). The van der Waals surface area contributed by atoms with Crippen molar-refractivity contribution in [3.05, 3.63) is 440 Å².